The van der Waals surface area contributed by atoms with Gasteiger partial charge in [-0.05, 0) is 18.9 Å². The van der Waals surface area contributed by atoms with Gasteiger partial charge in [0.25, 0.3) is 0 Å². The maximum Gasteiger partial charge on any atom is 0.249 e. The molecule has 0 radical (unpaired) electrons. The van der Waals surface area contributed by atoms with Gasteiger partial charge < -0.3 is 10.2 Å². The van der Waals surface area contributed by atoms with E-state index in [9.17, 15) is 9.59 Å². The first kappa shape index (κ1) is 16.1. The second kappa shape index (κ2) is 5.50. The summed E-state index contributed by atoms with van der Waals surface area (Å²) in [5.41, 5.74) is -0.126. The monoisotopic (exact) mass is 328 g/mol. The van der Waals surface area contributed by atoms with Gasteiger partial charge >= 0.3 is 0 Å². The molecule has 0 spiro atoms. The fourth-order valence-corrected chi connectivity index (χ4v) is 2.83. The quantitative estimate of drug-likeness (QED) is 0.863. The van der Waals surface area contributed by atoms with E-state index >= 15 is 0 Å². The smallest absolute Gasteiger partial charge is 0.249 e. The Morgan fingerprint density at radius 1 is 1.24 bits per heavy atom. The lowest BCUT2D eigenvalue weighted by molar-refractivity contribution is -0.136. The van der Waals surface area contributed by atoms with Crippen LogP contribution in [0.1, 0.15) is 24.9 Å². The normalized spacial score (nSPS) is 24.0. The Kier molecular flexibility index (Phi) is 4.22. The van der Waals surface area contributed by atoms with Crippen LogP contribution in [-0.4, -0.2) is 35.1 Å². The molecule has 0 bridgehead atoms. The fourth-order valence-electron chi connectivity index (χ4n) is 2.13. The van der Waals surface area contributed by atoms with Crippen molar-refractivity contribution < 1.29 is 9.59 Å². The van der Waals surface area contributed by atoms with E-state index < -0.39 is 15.8 Å². The molecule has 1 fully saturated rings. The molecule has 0 heterocycles. The minimum absolute atomic E-state index is 0.200. The Morgan fingerprint density at radius 3 is 2.19 bits per heavy atom. The second-order valence-electron chi connectivity index (χ2n) is 5.76. The molecule has 21 heavy (non-hydrogen) atoms. The molecule has 1 saturated carbocycles. The zero-order chi connectivity index (χ0) is 15.8. The Hall–Kier alpha value is -1.26. The van der Waals surface area contributed by atoms with Crippen molar-refractivity contribution in [1.82, 2.24) is 10.2 Å². The van der Waals surface area contributed by atoms with Crippen LogP contribution in [0, 0.1) is 5.41 Å². The van der Waals surface area contributed by atoms with Crippen molar-refractivity contribution in [3.63, 3.8) is 0 Å². The first-order valence-corrected chi connectivity index (χ1v) is 7.39. The van der Waals surface area contributed by atoms with Crippen LogP contribution in [0.25, 0.3) is 0 Å². The predicted octanol–water partition coefficient (Wildman–Crippen LogP) is 2.52. The van der Waals surface area contributed by atoms with E-state index in [1.807, 2.05) is 18.2 Å². The largest absolute Gasteiger partial charge is 0.347 e. The van der Waals surface area contributed by atoms with E-state index in [-0.39, 0.29) is 11.8 Å². The van der Waals surface area contributed by atoms with Gasteiger partial charge in [0.05, 0.1) is 5.41 Å². The molecule has 4 nitrogen and oxygen atoms in total. The number of alkyl halides is 2. The highest BCUT2D eigenvalue weighted by atomic mass is 35.5. The van der Waals surface area contributed by atoms with Gasteiger partial charge in [0, 0.05) is 14.1 Å². The number of carbonyl (C=O) groups is 2. The van der Waals surface area contributed by atoms with Crippen molar-refractivity contribution in [1.29, 1.82) is 0 Å². The summed E-state index contributed by atoms with van der Waals surface area (Å²) in [5.74, 6) is -0.509. The third-order valence-electron chi connectivity index (χ3n) is 3.86. The van der Waals surface area contributed by atoms with Crippen LogP contribution >= 0.6 is 23.2 Å². The Labute approximate surface area is 134 Å². The molecule has 1 aromatic carbocycles. The molecule has 1 aromatic rings. The summed E-state index contributed by atoms with van der Waals surface area (Å²) < 4.78 is -1.06. The highest BCUT2D eigenvalue weighted by molar-refractivity contribution is 6.53. The molecule has 2 atom stereocenters. The molecule has 6 heteroatoms. The van der Waals surface area contributed by atoms with Gasteiger partial charge in [-0.15, -0.1) is 23.2 Å². The number of amides is 2. The average Bonchev–Trinajstić information content (AvgIpc) is 2.96. The summed E-state index contributed by atoms with van der Waals surface area (Å²) in [4.78, 5) is 26.2. The first-order valence-electron chi connectivity index (χ1n) is 6.64. The summed E-state index contributed by atoms with van der Waals surface area (Å²) >= 11 is 12.0. The van der Waals surface area contributed by atoms with Gasteiger partial charge in [-0.25, -0.2) is 0 Å². The van der Waals surface area contributed by atoms with E-state index in [1.165, 1.54) is 4.90 Å². The van der Waals surface area contributed by atoms with Crippen LogP contribution < -0.4 is 5.32 Å². The molecule has 2 rings (SSSR count). The average molecular weight is 329 g/mol. The number of likely N-dealkylation sites (N-methyl/N-ethyl adjacent to an activating group) is 1. The van der Waals surface area contributed by atoms with Crippen molar-refractivity contribution in [2.75, 3.05) is 14.1 Å². The maximum absolute atomic E-state index is 12.4. The van der Waals surface area contributed by atoms with Crippen LogP contribution in [-0.2, 0) is 9.59 Å². The first-order chi connectivity index (χ1) is 9.69. The number of rotatable bonds is 4. The zero-order valence-electron chi connectivity index (χ0n) is 12.2. The van der Waals surface area contributed by atoms with Gasteiger partial charge in [-0.3, -0.25) is 9.59 Å². The van der Waals surface area contributed by atoms with Crippen molar-refractivity contribution >= 4 is 35.0 Å². The van der Waals surface area contributed by atoms with Crippen LogP contribution in [0.4, 0.5) is 0 Å². The Balaban J connectivity index is 2.22. The Bertz CT molecular complexity index is 560. The maximum atomic E-state index is 12.4. The van der Waals surface area contributed by atoms with Crippen molar-refractivity contribution in [3.8, 4) is 0 Å². The molecule has 1 aliphatic carbocycles. The fraction of sp³-hybridized carbons (Fsp3) is 0.467. The molecule has 2 amide bonds. The van der Waals surface area contributed by atoms with Gasteiger partial charge in [0.2, 0.25) is 11.8 Å². The summed E-state index contributed by atoms with van der Waals surface area (Å²) in [6.45, 7) is 1.70. The third kappa shape index (κ3) is 3.01. The van der Waals surface area contributed by atoms with E-state index in [1.54, 1.807) is 33.2 Å². The number of hydrogen-bond acceptors (Lipinski definition) is 2. The van der Waals surface area contributed by atoms with Crippen LogP contribution in [0.15, 0.2) is 30.3 Å². The molecular weight excluding hydrogens is 311 g/mol. The molecule has 0 aliphatic heterocycles. The minimum atomic E-state index is -1.06. The SMILES string of the molecule is CN(C)C(=O)[C@H](NC(=O)[C@]1(C)CC1(Cl)Cl)c1ccccc1. The third-order valence-corrected chi connectivity index (χ3v) is 4.96. The second-order valence-corrected chi connectivity index (χ2v) is 7.25. The molecular formula is C15H18Cl2N2O2. The Morgan fingerprint density at radius 2 is 1.76 bits per heavy atom. The minimum Gasteiger partial charge on any atom is -0.347 e. The number of halogens is 2. The summed E-state index contributed by atoms with van der Waals surface area (Å²) in [6.07, 6.45) is 0.382. The van der Waals surface area contributed by atoms with Crippen molar-refractivity contribution in [3.05, 3.63) is 35.9 Å². The van der Waals surface area contributed by atoms with E-state index in [0.29, 0.717) is 6.42 Å². The highest BCUT2D eigenvalue weighted by Gasteiger charge is 2.68. The number of nitrogens with zero attached hydrogens (tertiary/aromatic N) is 1. The molecule has 1 aliphatic rings. The van der Waals surface area contributed by atoms with Gasteiger partial charge in [-0.2, -0.15) is 0 Å². The van der Waals surface area contributed by atoms with Crippen molar-refractivity contribution in [2.24, 2.45) is 5.41 Å². The lowest BCUT2D eigenvalue weighted by Crippen LogP contribution is -2.43. The lowest BCUT2D eigenvalue weighted by atomic mass is 10.0. The van der Waals surface area contributed by atoms with Crippen LogP contribution in [0.3, 0.4) is 0 Å². The summed E-state index contributed by atoms with van der Waals surface area (Å²) in [6, 6.07) is 8.36. The van der Waals surface area contributed by atoms with Crippen LogP contribution in [0.2, 0.25) is 0 Å². The lowest BCUT2D eigenvalue weighted by Gasteiger charge is -2.24. The molecule has 0 unspecified atom stereocenters. The van der Waals surface area contributed by atoms with Crippen molar-refractivity contribution in [2.45, 2.75) is 23.7 Å². The summed E-state index contributed by atoms with van der Waals surface area (Å²) in [7, 11) is 3.30. The summed E-state index contributed by atoms with van der Waals surface area (Å²) in [5, 5.41) is 2.77. The number of benzene rings is 1. The van der Waals surface area contributed by atoms with Gasteiger partial charge in [0.1, 0.15) is 10.4 Å². The predicted molar refractivity (Wildman–Crippen MR) is 83.2 cm³/mol. The molecule has 114 valence electrons. The van der Waals surface area contributed by atoms with Gasteiger partial charge in [-0.1, -0.05) is 30.3 Å². The van der Waals surface area contributed by atoms with Gasteiger partial charge in [0.15, 0.2) is 0 Å². The number of carbonyl (C=O) groups excluding carboxylic acids is 2. The van der Waals surface area contributed by atoms with E-state index in [4.69, 9.17) is 23.2 Å². The number of hydrogen-bond donors (Lipinski definition) is 1. The molecule has 1 N–H and O–H groups in total. The number of nitrogens with one attached hydrogen (secondary N) is 1. The molecule has 0 aromatic heterocycles. The standard InChI is InChI=1S/C15H18Cl2N2O2/c1-14(9-15(14,16)17)13(21)18-11(12(20)19(2)3)10-7-5-4-6-8-10/h4-8,11H,9H2,1-3H3,(H,18,21)/t11-,14+/m1/s1. The topological polar surface area (TPSA) is 49.4 Å². The molecule has 0 saturated heterocycles. The van der Waals surface area contributed by atoms with E-state index in [2.05, 4.69) is 5.32 Å². The van der Waals surface area contributed by atoms with Crippen LogP contribution in [0.5, 0.6) is 0 Å². The van der Waals surface area contributed by atoms with E-state index in [0.717, 1.165) is 5.56 Å². The highest BCUT2D eigenvalue weighted by Crippen LogP contribution is 2.63. The zero-order valence-corrected chi connectivity index (χ0v) is 13.7.